The fourth-order valence-corrected chi connectivity index (χ4v) is 3.09. The number of hydrogen-bond donors (Lipinski definition) is 1. The van der Waals surface area contributed by atoms with Crippen LogP contribution in [0.5, 0.6) is 0 Å². The first-order valence-corrected chi connectivity index (χ1v) is 6.75. The monoisotopic (exact) mass is 288 g/mol. The minimum atomic E-state index is 0.517. The normalized spacial score (nSPS) is 10.7. The van der Waals surface area contributed by atoms with Gasteiger partial charge in [-0.1, -0.05) is 37.9 Å². The van der Waals surface area contributed by atoms with Crippen molar-refractivity contribution in [2.45, 2.75) is 22.2 Å². The molecule has 4 heteroatoms. The topological polar surface area (TPSA) is 0 Å². The zero-order chi connectivity index (χ0) is 7.11. The zero-order valence-electron chi connectivity index (χ0n) is 5.11. The van der Waals surface area contributed by atoms with Crippen LogP contribution in [0.15, 0.2) is 0 Å². The van der Waals surface area contributed by atoms with Crippen molar-refractivity contribution in [2.75, 3.05) is 5.75 Å². The Morgan fingerprint density at radius 1 is 1.44 bits per heavy atom. The zero-order valence-corrected chi connectivity index (χ0v) is 10.2. The van der Waals surface area contributed by atoms with Gasteiger partial charge in [0.1, 0.15) is 0 Å². The standard InChI is InChI=1S/C5H10Br2SSi/c6-5(7)4-9-3-1-2-8/h5,8H,1-4H2. The van der Waals surface area contributed by atoms with Crippen molar-refractivity contribution in [1.82, 2.24) is 0 Å². The molecule has 0 nitrogen and oxygen atoms in total. The van der Waals surface area contributed by atoms with Gasteiger partial charge in [0.2, 0.25) is 0 Å². The van der Waals surface area contributed by atoms with Gasteiger partial charge in [0.05, 0.1) is 3.74 Å². The van der Waals surface area contributed by atoms with Crippen LogP contribution in [0.1, 0.15) is 6.42 Å². The van der Waals surface area contributed by atoms with Crippen LogP contribution in [0.4, 0.5) is 0 Å². The van der Waals surface area contributed by atoms with E-state index in [2.05, 4.69) is 44.5 Å². The molecule has 0 bridgehead atoms. The predicted molar refractivity (Wildman–Crippen MR) is 55.5 cm³/mol. The van der Waals surface area contributed by atoms with E-state index in [1.165, 1.54) is 18.5 Å². The smallest absolute Gasteiger partial charge is 0.0670 e. The van der Waals surface area contributed by atoms with Gasteiger partial charge >= 0.3 is 0 Å². The summed E-state index contributed by atoms with van der Waals surface area (Å²) < 4.78 is 0.517. The maximum absolute atomic E-state index is 4.13. The second-order valence-electron chi connectivity index (χ2n) is 1.67. The molecule has 0 aliphatic rings. The number of rotatable bonds is 5. The summed E-state index contributed by atoms with van der Waals surface area (Å²) in [5.41, 5.74) is 0. The lowest BCUT2D eigenvalue weighted by molar-refractivity contribution is 1.09. The van der Waals surface area contributed by atoms with E-state index in [0.717, 1.165) is 15.3 Å². The molecular formula is C5H10Br2SSi. The third kappa shape index (κ3) is 9.53. The predicted octanol–water partition coefficient (Wildman–Crippen LogP) is 2.96. The number of halogens is 2. The maximum atomic E-state index is 4.13. The molecule has 0 heterocycles. The first kappa shape index (κ1) is 10.5. The van der Waals surface area contributed by atoms with Crippen LogP contribution < -0.4 is 0 Å². The average Bonchev–Trinajstić information content (AvgIpc) is 1.80. The lowest BCUT2D eigenvalue weighted by Crippen LogP contribution is -1.94. The number of alkyl halides is 2. The van der Waals surface area contributed by atoms with E-state index in [0.29, 0.717) is 3.74 Å². The Labute approximate surface area is 81.7 Å². The van der Waals surface area contributed by atoms with E-state index in [4.69, 9.17) is 0 Å². The van der Waals surface area contributed by atoms with E-state index in [-0.39, 0.29) is 0 Å². The van der Waals surface area contributed by atoms with E-state index in [9.17, 15) is 0 Å². The van der Waals surface area contributed by atoms with E-state index in [1.807, 2.05) is 0 Å². The van der Waals surface area contributed by atoms with Crippen molar-refractivity contribution >= 4 is 54.0 Å². The van der Waals surface area contributed by atoms with Crippen LogP contribution in [-0.4, -0.2) is 19.0 Å². The van der Waals surface area contributed by atoms with Gasteiger partial charge in [0, 0.05) is 9.52 Å². The highest BCUT2D eigenvalue weighted by molar-refractivity contribution is 9.24. The second kappa shape index (κ2) is 7.63. The minimum absolute atomic E-state index is 0.517. The van der Waals surface area contributed by atoms with E-state index >= 15 is 0 Å². The molecule has 0 aromatic rings. The molecule has 0 aliphatic carbocycles. The van der Waals surface area contributed by atoms with Gasteiger partial charge in [-0.3, -0.25) is 0 Å². The van der Waals surface area contributed by atoms with Crippen molar-refractivity contribution in [3.8, 4) is 0 Å². The van der Waals surface area contributed by atoms with Crippen LogP contribution in [-0.2, 0) is 0 Å². The number of thiol groups is 1. The Bertz CT molecular complexity index is 60.9. The van der Waals surface area contributed by atoms with Crippen LogP contribution in [0, 0.1) is 0 Å². The molecule has 0 amide bonds. The summed E-state index contributed by atoms with van der Waals surface area (Å²) in [6.07, 6.45) is 1.26. The van der Waals surface area contributed by atoms with Gasteiger partial charge in [0.25, 0.3) is 0 Å². The molecule has 0 saturated carbocycles. The first-order chi connectivity index (χ1) is 4.27. The largest absolute Gasteiger partial charge is 0.179 e. The van der Waals surface area contributed by atoms with Gasteiger partial charge in [-0.15, -0.1) is 0 Å². The Kier molecular flexibility index (Phi) is 8.93. The van der Waals surface area contributed by atoms with Crippen molar-refractivity contribution in [2.24, 2.45) is 0 Å². The van der Waals surface area contributed by atoms with Crippen molar-refractivity contribution in [3.05, 3.63) is 0 Å². The molecular weight excluding hydrogens is 280 g/mol. The third-order valence-corrected chi connectivity index (χ3v) is 4.37. The van der Waals surface area contributed by atoms with Crippen molar-refractivity contribution < 1.29 is 0 Å². The summed E-state index contributed by atoms with van der Waals surface area (Å²) in [7, 11) is 1.08. The molecule has 54 valence electrons. The SMILES string of the molecule is SCCC[Si]CC(Br)Br. The highest BCUT2D eigenvalue weighted by atomic mass is 79.9. The molecule has 9 heavy (non-hydrogen) atoms. The van der Waals surface area contributed by atoms with E-state index < -0.39 is 0 Å². The summed E-state index contributed by atoms with van der Waals surface area (Å²) in [4.78, 5) is 0. The summed E-state index contributed by atoms with van der Waals surface area (Å²) in [5, 5.41) is 0. The molecule has 0 saturated heterocycles. The summed E-state index contributed by atoms with van der Waals surface area (Å²) in [5.74, 6) is 1.03. The fourth-order valence-electron chi connectivity index (χ4n) is 0.415. The molecule has 0 unspecified atom stereocenters. The lowest BCUT2D eigenvalue weighted by atomic mass is 10.6. The molecule has 0 atom stereocenters. The maximum Gasteiger partial charge on any atom is 0.0670 e. The van der Waals surface area contributed by atoms with Gasteiger partial charge in [-0.25, -0.2) is 0 Å². The summed E-state index contributed by atoms with van der Waals surface area (Å²) >= 11 is 11.0. The summed E-state index contributed by atoms with van der Waals surface area (Å²) in [6.45, 7) is 0. The molecule has 0 N–H and O–H groups in total. The Hall–Kier alpha value is 1.53. The molecule has 0 rings (SSSR count). The van der Waals surface area contributed by atoms with Gasteiger partial charge in [-0.05, 0) is 18.2 Å². The molecule has 0 aromatic carbocycles. The van der Waals surface area contributed by atoms with Crippen molar-refractivity contribution in [1.29, 1.82) is 0 Å². The first-order valence-electron chi connectivity index (χ1n) is 2.87. The fraction of sp³-hybridized carbons (Fsp3) is 1.00. The van der Waals surface area contributed by atoms with Crippen LogP contribution in [0.3, 0.4) is 0 Å². The molecule has 2 radical (unpaired) electrons. The minimum Gasteiger partial charge on any atom is -0.179 e. The average molecular weight is 290 g/mol. The molecule has 0 spiro atoms. The molecule has 0 aliphatic heterocycles. The van der Waals surface area contributed by atoms with Gasteiger partial charge in [0.15, 0.2) is 0 Å². The highest BCUT2D eigenvalue weighted by Gasteiger charge is 1.96. The van der Waals surface area contributed by atoms with Gasteiger partial charge in [-0.2, -0.15) is 12.6 Å². The third-order valence-electron chi connectivity index (χ3n) is 0.810. The van der Waals surface area contributed by atoms with Gasteiger partial charge < -0.3 is 0 Å². The Balaban J connectivity index is 2.75. The Morgan fingerprint density at radius 3 is 2.56 bits per heavy atom. The second-order valence-corrected chi connectivity index (χ2v) is 6.97. The lowest BCUT2D eigenvalue weighted by Gasteiger charge is -1.97. The van der Waals surface area contributed by atoms with Crippen LogP contribution >= 0.6 is 44.5 Å². The summed E-state index contributed by atoms with van der Waals surface area (Å²) in [6, 6.07) is 2.57. The van der Waals surface area contributed by atoms with Crippen LogP contribution in [0.25, 0.3) is 0 Å². The molecule has 0 fully saturated rings. The van der Waals surface area contributed by atoms with Crippen LogP contribution in [0.2, 0.25) is 12.1 Å². The van der Waals surface area contributed by atoms with Crippen molar-refractivity contribution in [3.63, 3.8) is 0 Å². The highest BCUT2D eigenvalue weighted by Crippen LogP contribution is 2.13. The quantitative estimate of drug-likeness (QED) is 0.342. The van der Waals surface area contributed by atoms with E-state index in [1.54, 1.807) is 0 Å². The molecule has 0 aromatic heterocycles. The Morgan fingerprint density at radius 2 is 2.11 bits per heavy atom. The number of hydrogen-bond acceptors (Lipinski definition) is 1.